The number of halogens is 1. The molecule has 0 radical (unpaired) electrons. The summed E-state index contributed by atoms with van der Waals surface area (Å²) in [6, 6.07) is 4.63. The van der Waals surface area contributed by atoms with Crippen molar-refractivity contribution in [3.8, 4) is 0 Å². The predicted molar refractivity (Wildman–Crippen MR) is 113 cm³/mol. The molecule has 2 aromatic rings. The van der Waals surface area contributed by atoms with E-state index in [2.05, 4.69) is 15.6 Å². The number of fused-ring (bicyclic) bond motifs is 1. The lowest BCUT2D eigenvalue weighted by atomic mass is 9.96. The van der Waals surface area contributed by atoms with Crippen LogP contribution in [-0.4, -0.2) is 36.3 Å². The normalized spacial score (nSPS) is 15.3. The van der Waals surface area contributed by atoms with E-state index in [9.17, 15) is 14.0 Å². The number of aromatic nitrogens is 1. The van der Waals surface area contributed by atoms with Crippen molar-refractivity contribution >= 4 is 23.3 Å². The van der Waals surface area contributed by atoms with Gasteiger partial charge in [0.15, 0.2) is 5.78 Å². The van der Waals surface area contributed by atoms with Gasteiger partial charge in [0.25, 0.3) is 5.91 Å². The van der Waals surface area contributed by atoms with Gasteiger partial charge in [-0.3, -0.25) is 9.59 Å². The second-order valence-corrected chi connectivity index (χ2v) is 7.41. The minimum Gasteiger partial charge on any atom is -0.358 e. The molecule has 1 amide bonds. The van der Waals surface area contributed by atoms with Gasteiger partial charge in [-0.1, -0.05) is 13.0 Å². The Morgan fingerprint density at radius 1 is 1.24 bits per heavy atom. The fraction of sp³-hybridized carbons (Fsp3) is 0.391. The highest BCUT2D eigenvalue weighted by atomic mass is 19.1. The molecule has 0 saturated heterocycles. The minimum atomic E-state index is -0.357. The molecule has 1 aromatic carbocycles. The molecule has 1 aliphatic rings. The average Bonchev–Trinajstić information content (AvgIpc) is 2.87. The van der Waals surface area contributed by atoms with Gasteiger partial charge in [0.2, 0.25) is 0 Å². The van der Waals surface area contributed by atoms with Gasteiger partial charge in [-0.05, 0) is 68.1 Å². The van der Waals surface area contributed by atoms with Crippen LogP contribution < -0.4 is 10.6 Å². The lowest BCUT2D eigenvalue weighted by Gasteiger charge is -2.09. The first-order valence-electron chi connectivity index (χ1n) is 10.1. The van der Waals surface area contributed by atoms with Crippen LogP contribution in [0.25, 0.3) is 11.6 Å². The molecule has 1 aliphatic carbocycles. The molecule has 0 unspecified atom stereocenters. The number of benzene rings is 1. The quantitative estimate of drug-likeness (QED) is 0.396. The highest BCUT2D eigenvalue weighted by Crippen LogP contribution is 2.31. The first-order chi connectivity index (χ1) is 13.9. The summed E-state index contributed by atoms with van der Waals surface area (Å²) in [4.78, 5) is 28.6. The standard InChI is InChI=1S/C23H28FN3O2/c1-4-25-10-11-26-23(29)22-14(2)20(27-15(22)3)13-19-18-12-17(24)9-8-16(18)6-5-7-21(19)28/h8-9,12-13,25,27H,4-7,10-11H2,1-3H3,(H,26,29)/b19-13-. The summed E-state index contributed by atoms with van der Waals surface area (Å²) in [6.07, 6.45) is 3.69. The fourth-order valence-corrected chi connectivity index (χ4v) is 3.83. The van der Waals surface area contributed by atoms with E-state index in [0.717, 1.165) is 36.2 Å². The number of nitrogens with one attached hydrogen (secondary N) is 3. The van der Waals surface area contributed by atoms with E-state index in [1.165, 1.54) is 12.1 Å². The summed E-state index contributed by atoms with van der Waals surface area (Å²) in [7, 11) is 0. The number of carbonyl (C=O) groups excluding carboxylic acids is 2. The van der Waals surface area contributed by atoms with Gasteiger partial charge in [0, 0.05) is 36.5 Å². The topological polar surface area (TPSA) is 74.0 Å². The van der Waals surface area contributed by atoms with Crippen molar-refractivity contribution in [1.29, 1.82) is 0 Å². The molecule has 0 spiro atoms. The van der Waals surface area contributed by atoms with Crippen LogP contribution in [-0.2, 0) is 11.2 Å². The molecule has 0 saturated carbocycles. The van der Waals surface area contributed by atoms with E-state index < -0.39 is 0 Å². The molecular weight excluding hydrogens is 369 g/mol. The lowest BCUT2D eigenvalue weighted by molar-refractivity contribution is -0.113. The maximum atomic E-state index is 13.9. The molecule has 6 heteroatoms. The number of Topliss-reactive ketones (excluding diaryl/α,β-unsaturated/α-hetero) is 1. The van der Waals surface area contributed by atoms with Gasteiger partial charge in [-0.25, -0.2) is 4.39 Å². The fourth-order valence-electron chi connectivity index (χ4n) is 3.83. The molecule has 1 heterocycles. The molecule has 0 bridgehead atoms. The Kier molecular flexibility index (Phi) is 6.64. The zero-order valence-electron chi connectivity index (χ0n) is 17.2. The van der Waals surface area contributed by atoms with E-state index in [1.54, 1.807) is 12.1 Å². The van der Waals surface area contributed by atoms with Crippen LogP contribution in [0, 0.1) is 19.7 Å². The monoisotopic (exact) mass is 397 g/mol. The average molecular weight is 397 g/mol. The largest absolute Gasteiger partial charge is 0.358 e. The first-order valence-corrected chi connectivity index (χ1v) is 10.1. The predicted octanol–water partition coefficient (Wildman–Crippen LogP) is 3.56. The van der Waals surface area contributed by atoms with Crippen molar-refractivity contribution in [3.63, 3.8) is 0 Å². The van der Waals surface area contributed by atoms with Crippen molar-refractivity contribution in [2.45, 2.75) is 40.0 Å². The summed E-state index contributed by atoms with van der Waals surface area (Å²) in [5.74, 6) is -0.500. The SMILES string of the molecule is CCNCCNC(=O)c1c(C)[nH]c(/C=C2\C(=O)CCCc3ccc(F)cc32)c1C. The third-order valence-corrected chi connectivity index (χ3v) is 5.34. The Morgan fingerprint density at radius 2 is 2.03 bits per heavy atom. The number of hydrogen-bond acceptors (Lipinski definition) is 3. The van der Waals surface area contributed by atoms with Crippen LogP contribution in [0.3, 0.4) is 0 Å². The summed E-state index contributed by atoms with van der Waals surface area (Å²) in [5.41, 5.74) is 4.96. The summed E-state index contributed by atoms with van der Waals surface area (Å²) < 4.78 is 13.9. The van der Waals surface area contributed by atoms with Crippen LogP contribution in [0.1, 0.15) is 58.2 Å². The maximum Gasteiger partial charge on any atom is 0.253 e. The van der Waals surface area contributed by atoms with Crippen LogP contribution in [0.5, 0.6) is 0 Å². The maximum absolute atomic E-state index is 13.9. The van der Waals surface area contributed by atoms with Crippen LogP contribution in [0.15, 0.2) is 18.2 Å². The van der Waals surface area contributed by atoms with E-state index in [4.69, 9.17) is 0 Å². The Morgan fingerprint density at radius 3 is 2.79 bits per heavy atom. The number of allylic oxidation sites excluding steroid dienone is 1. The number of likely N-dealkylation sites (N-methyl/N-ethyl adjacent to an activating group) is 1. The van der Waals surface area contributed by atoms with Crippen molar-refractivity contribution in [2.75, 3.05) is 19.6 Å². The van der Waals surface area contributed by atoms with E-state index in [0.29, 0.717) is 41.9 Å². The number of rotatable bonds is 6. The smallest absolute Gasteiger partial charge is 0.253 e. The van der Waals surface area contributed by atoms with Crippen molar-refractivity contribution < 1.29 is 14.0 Å². The molecule has 3 N–H and O–H groups in total. The van der Waals surface area contributed by atoms with Crippen LogP contribution >= 0.6 is 0 Å². The zero-order chi connectivity index (χ0) is 21.0. The zero-order valence-corrected chi connectivity index (χ0v) is 17.2. The highest BCUT2D eigenvalue weighted by Gasteiger charge is 2.22. The Hall–Kier alpha value is -2.73. The molecule has 0 fully saturated rings. The number of H-pyrrole nitrogens is 1. The van der Waals surface area contributed by atoms with Crippen molar-refractivity contribution in [2.24, 2.45) is 0 Å². The lowest BCUT2D eigenvalue weighted by Crippen LogP contribution is -2.32. The summed E-state index contributed by atoms with van der Waals surface area (Å²) >= 11 is 0. The van der Waals surface area contributed by atoms with Crippen molar-refractivity contribution in [1.82, 2.24) is 15.6 Å². The second kappa shape index (κ2) is 9.18. The molecular formula is C23H28FN3O2. The van der Waals surface area contributed by atoms with Crippen LogP contribution in [0.2, 0.25) is 0 Å². The van der Waals surface area contributed by atoms with Crippen molar-refractivity contribution in [3.05, 3.63) is 57.7 Å². The number of aryl methyl sites for hydroxylation is 2. The second-order valence-electron chi connectivity index (χ2n) is 7.41. The number of hydrogen-bond donors (Lipinski definition) is 3. The van der Waals surface area contributed by atoms with Gasteiger partial charge < -0.3 is 15.6 Å². The van der Waals surface area contributed by atoms with E-state index in [1.807, 2.05) is 20.8 Å². The Labute approximate surface area is 170 Å². The molecule has 0 aliphatic heterocycles. The number of aromatic amines is 1. The molecule has 3 rings (SSSR count). The number of carbonyl (C=O) groups is 2. The van der Waals surface area contributed by atoms with Gasteiger partial charge >= 0.3 is 0 Å². The molecule has 0 atom stereocenters. The molecule has 29 heavy (non-hydrogen) atoms. The Bertz CT molecular complexity index is 959. The summed E-state index contributed by atoms with van der Waals surface area (Å²) in [6.45, 7) is 7.82. The van der Waals surface area contributed by atoms with Gasteiger partial charge in [0.1, 0.15) is 5.82 Å². The third-order valence-electron chi connectivity index (χ3n) is 5.34. The Balaban J connectivity index is 1.95. The number of ketones is 1. The van der Waals surface area contributed by atoms with Gasteiger partial charge in [-0.15, -0.1) is 0 Å². The summed E-state index contributed by atoms with van der Waals surface area (Å²) in [5, 5.41) is 6.08. The van der Waals surface area contributed by atoms with E-state index >= 15 is 0 Å². The highest BCUT2D eigenvalue weighted by molar-refractivity contribution is 6.26. The molecule has 154 valence electrons. The van der Waals surface area contributed by atoms with E-state index in [-0.39, 0.29) is 17.5 Å². The van der Waals surface area contributed by atoms with Crippen LogP contribution in [0.4, 0.5) is 4.39 Å². The van der Waals surface area contributed by atoms with Gasteiger partial charge in [0.05, 0.1) is 5.56 Å². The minimum absolute atomic E-state index is 0.00218. The molecule has 5 nitrogen and oxygen atoms in total. The number of amides is 1. The molecule has 1 aromatic heterocycles. The first kappa shape index (κ1) is 21.0. The van der Waals surface area contributed by atoms with Gasteiger partial charge in [-0.2, -0.15) is 0 Å². The third kappa shape index (κ3) is 4.65.